The van der Waals surface area contributed by atoms with E-state index in [0.717, 1.165) is 11.3 Å². The maximum absolute atomic E-state index is 13.3. The standard InChI is InChI=1S/C17H15FO3/c1-11(19)14-7-6-13(18)8-17(14)21-10-12-9-20-16-5-3-2-4-15(12)16/h2-8,12H,9-10H2,1H3. The van der Waals surface area contributed by atoms with E-state index in [4.69, 9.17) is 9.47 Å². The third-order valence-corrected chi connectivity index (χ3v) is 3.56. The lowest BCUT2D eigenvalue weighted by Gasteiger charge is -2.13. The van der Waals surface area contributed by atoms with Gasteiger partial charge in [0.15, 0.2) is 5.78 Å². The molecule has 3 nitrogen and oxygen atoms in total. The lowest BCUT2D eigenvalue weighted by molar-refractivity contribution is 0.101. The van der Waals surface area contributed by atoms with Gasteiger partial charge in [-0.3, -0.25) is 4.79 Å². The fourth-order valence-electron chi connectivity index (χ4n) is 2.46. The zero-order chi connectivity index (χ0) is 14.8. The molecule has 1 unspecified atom stereocenters. The monoisotopic (exact) mass is 286 g/mol. The number of ketones is 1. The molecule has 0 N–H and O–H groups in total. The van der Waals surface area contributed by atoms with E-state index in [-0.39, 0.29) is 17.5 Å². The number of carbonyl (C=O) groups excluding carboxylic acids is 1. The molecule has 4 heteroatoms. The van der Waals surface area contributed by atoms with Gasteiger partial charge in [-0.05, 0) is 25.1 Å². The second kappa shape index (κ2) is 5.56. The van der Waals surface area contributed by atoms with Crippen molar-refractivity contribution in [2.45, 2.75) is 12.8 Å². The van der Waals surface area contributed by atoms with Crippen molar-refractivity contribution in [1.82, 2.24) is 0 Å². The van der Waals surface area contributed by atoms with E-state index in [2.05, 4.69) is 0 Å². The summed E-state index contributed by atoms with van der Waals surface area (Å²) in [5, 5.41) is 0. The third-order valence-electron chi connectivity index (χ3n) is 3.56. The molecule has 1 atom stereocenters. The molecular weight excluding hydrogens is 271 g/mol. The fourth-order valence-corrected chi connectivity index (χ4v) is 2.46. The highest BCUT2D eigenvalue weighted by Gasteiger charge is 2.24. The third kappa shape index (κ3) is 2.75. The van der Waals surface area contributed by atoms with Crippen molar-refractivity contribution in [2.75, 3.05) is 13.2 Å². The van der Waals surface area contributed by atoms with Crippen LogP contribution < -0.4 is 9.47 Å². The largest absolute Gasteiger partial charge is 0.493 e. The Morgan fingerprint density at radius 1 is 1.33 bits per heavy atom. The van der Waals surface area contributed by atoms with Gasteiger partial charge in [-0.15, -0.1) is 0 Å². The van der Waals surface area contributed by atoms with Crippen molar-refractivity contribution in [1.29, 1.82) is 0 Å². The Hall–Kier alpha value is -2.36. The smallest absolute Gasteiger partial charge is 0.163 e. The number of para-hydroxylation sites is 1. The Labute approximate surface area is 122 Å². The van der Waals surface area contributed by atoms with Crippen LogP contribution in [0.2, 0.25) is 0 Å². The van der Waals surface area contributed by atoms with Crippen LogP contribution in [-0.2, 0) is 0 Å². The Morgan fingerprint density at radius 2 is 2.14 bits per heavy atom. The Morgan fingerprint density at radius 3 is 2.95 bits per heavy atom. The number of ether oxygens (including phenoxy) is 2. The zero-order valence-electron chi connectivity index (χ0n) is 11.6. The summed E-state index contributed by atoms with van der Waals surface area (Å²) < 4.78 is 24.6. The van der Waals surface area contributed by atoms with Crippen LogP contribution >= 0.6 is 0 Å². The van der Waals surface area contributed by atoms with E-state index in [1.807, 2.05) is 24.3 Å². The van der Waals surface area contributed by atoms with Crippen LogP contribution in [0.5, 0.6) is 11.5 Å². The van der Waals surface area contributed by atoms with E-state index in [0.29, 0.717) is 18.8 Å². The summed E-state index contributed by atoms with van der Waals surface area (Å²) in [5.41, 5.74) is 1.47. The summed E-state index contributed by atoms with van der Waals surface area (Å²) in [6.07, 6.45) is 0. The molecule has 21 heavy (non-hydrogen) atoms. The van der Waals surface area contributed by atoms with Gasteiger partial charge in [0.05, 0.1) is 24.7 Å². The van der Waals surface area contributed by atoms with Gasteiger partial charge in [0.25, 0.3) is 0 Å². The van der Waals surface area contributed by atoms with Crippen LogP contribution in [0.15, 0.2) is 42.5 Å². The average molecular weight is 286 g/mol. The van der Waals surface area contributed by atoms with E-state index >= 15 is 0 Å². The second-order valence-corrected chi connectivity index (χ2v) is 5.05. The van der Waals surface area contributed by atoms with Crippen LogP contribution in [0.1, 0.15) is 28.8 Å². The summed E-state index contributed by atoms with van der Waals surface area (Å²) in [4.78, 5) is 11.5. The van der Waals surface area contributed by atoms with Gasteiger partial charge in [-0.2, -0.15) is 0 Å². The van der Waals surface area contributed by atoms with E-state index in [1.165, 1.54) is 25.1 Å². The predicted molar refractivity (Wildman–Crippen MR) is 76.6 cm³/mol. The minimum Gasteiger partial charge on any atom is -0.493 e. The number of rotatable bonds is 4. The summed E-state index contributed by atoms with van der Waals surface area (Å²) in [7, 11) is 0. The molecule has 0 radical (unpaired) electrons. The Balaban J connectivity index is 1.77. The molecule has 0 saturated carbocycles. The van der Waals surface area contributed by atoms with Crippen molar-refractivity contribution in [3.8, 4) is 11.5 Å². The first-order valence-corrected chi connectivity index (χ1v) is 6.80. The molecule has 108 valence electrons. The molecule has 0 saturated heterocycles. The maximum atomic E-state index is 13.3. The molecule has 0 amide bonds. The molecular formula is C17H15FO3. The molecule has 0 aromatic heterocycles. The van der Waals surface area contributed by atoms with Crippen molar-refractivity contribution in [3.63, 3.8) is 0 Å². The van der Waals surface area contributed by atoms with E-state index in [9.17, 15) is 9.18 Å². The molecule has 2 aromatic rings. The molecule has 1 heterocycles. The second-order valence-electron chi connectivity index (χ2n) is 5.05. The van der Waals surface area contributed by atoms with Gasteiger partial charge in [-0.1, -0.05) is 18.2 Å². The van der Waals surface area contributed by atoms with Gasteiger partial charge in [-0.25, -0.2) is 4.39 Å². The van der Waals surface area contributed by atoms with Crippen LogP contribution in [0, 0.1) is 5.82 Å². The molecule has 0 bridgehead atoms. The first kappa shape index (κ1) is 13.6. The SMILES string of the molecule is CC(=O)c1ccc(F)cc1OCC1COc2ccccc21. The molecule has 1 aliphatic rings. The normalized spacial score (nSPS) is 16.2. The summed E-state index contributed by atoms with van der Waals surface area (Å²) in [6, 6.07) is 11.7. The lowest BCUT2D eigenvalue weighted by atomic mass is 10.0. The quantitative estimate of drug-likeness (QED) is 0.806. The van der Waals surface area contributed by atoms with Crippen LogP contribution in [0.25, 0.3) is 0 Å². The number of halogens is 1. The van der Waals surface area contributed by atoms with Gasteiger partial charge in [0.1, 0.15) is 17.3 Å². The molecule has 0 fully saturated rings. The first-order chi connectivity index (χ1) is 10.1. The number of hydrogen-bond donors (Lipinski definition) is 0. The summed E-state index contributed by atoms with van der Waals surface area (Å²) in [5.74, 6) is 0.666. The number of Topliss-reactive ketones (excluding diaryl/α,β-unsaturated/α-hetero) is 1. The Kier molecular flexibility index (Phi) is 3.60. The number of benzene rings is 2. The maximum Gasteiger partial charge on any atom is 0.163 e. The molecule has 3 rings (SSSR count). The van der Waals surface area contributed by atoms with Crippen molar-refractivity contribution in [3.05, 3.63) is 59.4 Å². The lowest BCUT2D eigenvalue weighted by Crippen LogP contribution is -2.13. The minimum absolute atomic E-state index is 0.0873. The van der Waals surface area contributed by atoms with Crippen molar-refractivity contribution < 1.29 is 18.7 Å². The summed E-state index contributed by atoms with van der Waals surface area (Å²) >= 11 is 0. The average Bonchev–Trinajstić information content (AvgIpc) is 2.88. The number of carbonyl (C=O) groups is 1. The molecule has 1 aliphatic heterocycles. The van der Waals surface area contributed by atoms with Gasteiger partial charge < -0.3 is 9.47 Å². The summed E-state index contributed by atoms with van der Waals surface area (Å²) in [6.45, 7) is 2.32. The number of hydrogen-bond acceptors (Lipinski definition) is 3. The highest BCUT2D eigenvalue weighted by molar-refractivity contribution is 5.96. The highest BCUT2D eigenvalue weighted by Crippen LogP contribution is 2.34. The van der Waals surface area contributed by atoms with Crippen LogP contribution in [-0.4, -0.2) is 19.0 Å². The van der Waals surface area contributed by atoms with E-state index < -0.39 is 5.82 Å². The molecule has 0 aliphatic carbocycles. The van der Waals surface area contributed by atoms with Crippen molar-refractivity contribution in [2.24, 2.45) is 0 Å². The highest BCUT2D eigenvalue weighted by atomic mass is 19.1. The fraction of sp³-hybridized carbons (Fsp3) is 0.235. The first-order valence-electron chi connectivity index (χ1n) is 6.80. The molecule has 0 spiro atoms. The molecule has 2 aromatic carbocycles. The minimum atomic E-state index is -0.418. The van der Waals surface area contributed by atoms with Gasteiger partial charge >= 0.3 is 0 Å². The number of fused-ring (bicyclic) bond motifs is 1. The van der Waals surface area contributed by atoms with Crippen LogP contribution in [0.3, 0.4) is 0 Å². The van der Waals surface area contributed by atoms with Crippen molar-refractivity contribution >= 4 is 5.78 Å². The van der Waals surface area contributed by atoms with Gasteiger partial charge in [0, 0.05) is 11.6 Å². The van der Waals surface area contributed by atoms with Crippen LogP contribution in [0.4, 0.5) is 4.39 Å². The topological polar surface area (TPSA) is 35.5 Å². The van der Waals surface area contributed by atoms with E-state index in [1.54, 1.807) is 0 Å². The predicted octanol–water partition coefficient (Wildman–Crippen LogP) is 3.58. The zero-order valence-corrected chi connectivity index (χ0v) is 11.6. The van der Waals surface area contributed by atoms with Gasteiger partial charge in [0.2, 0.25) is 0 Å². The Bertz CT molecular complexity index is 681.